The molecule has 4 rings (SSSR count). The lowest BCUT2D eigenvalue weighted by atomic mass is 10.00. The highest BCUT2D eigenvalue weighted by molar-refractivity contribution is 6.29. The molecular formula is C20H13ClFN3O3. The van der Waals surface area contributed by atoms with Gasteiger partial charge in [0.15, 0.2) is 11.0 Å². The van der Waals surface area contributed by atoms with Crippen molar-refractivity contribution < 1.29 is 13.5 Å². The van der Waals surface area contributed by atoms with Gasteiger partial charge in [-0.2, -0.15) is 5.10 Å². The number of pyridine rings is 1. The molecule has 0 saturated carbocycles. The summed E-state index contributed by atoms with van der Waals surface area (Å²) in [6.45, 7) is 1.79. The molecule has 0 fully saturated rings. The van der Waals surface area contributed by atoms with Gasteiger partial charge < -0.3 is 9.15 Å². The molecule has 0 atom stereocenters. The summed E-state index contributed by atoms with van der Waals surface area (Å²) in [5.41, 5.74) is 1.15. The highest BCUT2D eigenvalue weighted by Gasteiger charge is 2.16. The fourth-order valence-electron chi connectivity index (χ4n) is 2.89. The monoisotopic (exact) mass is 397 g/mol. The minimum atomic E-state index is -0.643. The highest BCUT2D eigenvalue weighted by atomic mass is 35.5. The summed E-state index contributed by atoms with van der Waals surface area (Å²) in [4.78, 5) is 16.2. The molecule has 4 aromatic rings. The third-order valence-corrected chi connectivity index (χ3v) is 4.59. The van der Waals surface area contributed by atoms with Gasteiger partial charge in [0.05, 0.1) is 0 Å². The van der Waals surface area contributed by atoms with E-state index in [1.54, 1.807) is 37.3 Å². The molecule has 0 unspecified atom stereocenters. The van der Waals surface area contributed by atoms with E-state index in [-0.39, 0.29) is 17.1 Å². The Bertz CT molecular complexity index is 1230. The number of ether oxygens (including phenoxy) is 1. The first-order chi connectivity index (χ1) is 13.5. The van der Waals surface area contributed by atoms with E-state index in [9.17, 15) is 9.18 Å². The fraction of sp³-hybridized carbons (Fsp3) is 0.100. The molecule has 8 heteroatoms. The highest BCUT2D eigenvalue weighted by Crippen LogP contribution is 2.28. The number of fused-ring (bicyclic) bond motifs is 1. The fourth-order valence-corrected chi connectivity index (χ4v) is 3.06. The van der Waals surface area contributed by atoms with Gasteiger partial charge in [0.1, 0.15) is 11.3 Å². The van der Waals surface area contributed by atoms with Crippen LogP contribution in [0.4, 0.5) is 4.39 Å². The van der Waals surface area contributed by atoms with Gasteiger partial charge in [-0.25, -0.2) is 14.2 Å². The van der Waals surface area contributed by atoms with Crippen LogP contribution in [0.5, 0.6) is 11.6 Å². The van der Waals surface area contributed by atoms with E-state index in [1.165, 1.54) is 18.5 Å². The number of aryl methyl sites for hydroxylation is 1. The topological polar surface area (TPSA) is 78.1 Å². The van der Waals surface area contributed by atoms with Gasteiger partial charge in [0.2, 0.25) is 5.88 Å². The Morgan fingerprint density at radius 3 is 2.86 bits per heavy atom. The van der Waals surface area contributed by atoms with Gasteiger partial charge in [-0.05, 0) is 42.3 Å². The SMILES string of the molecule is Cc1c(Cc2ccnc(Cl)c2F)c(=O)oc2cc(Oc3cccnn3)ccc12. The van der Waals surface area contributed by atoms with E-state index in [0.717, 1.165) is 5.39 Å². The van der Waals surface area contributed by atoms with Gasteiger partial charge >= 0.3 is 5.63 Å². The molecule has 0 spiro atoms. The molecule has 0 saturated heterocycles. The Morgan fingerprint density at radius 1 is 1.21 bits per heavy atom. The maximum Gasteiger partial charge on any atom is 0.340 e. The summed E-state index contributed by atoms with van der Waals surface area (Å²) in [7, 11) is 0. The van der Waals surface area contributed by atoms with Crippen molar-refractivity contribution in [3.8, 4) is 11.6 Å². The molecule has 0 aliphatic rings. The van der Waals surface area contributed by atoms with Crippen molar-refractivity contribution in [1.82, 2.24) is 15.2 Å². The largest absolute Gasteiger partial charge is 0.437 e. The predicted molar refractivity (Wildman–Crippen MR) is 101 cm³/mol. The van der Waals surface area contributed by atoms with Crippen LogP contribution in [0.15, 0.2) is 58.0 Å². The van der Waals surface area contributed by atoms with E-state index >= 15 is 0 Å². The Balaban J connectivity index is 1.73. The zero-order chi connectivity index (χ0) is 19.7. The number of rotatable bonds is 4. The van der Waals surface area contributed by atoms with Crippen molar-refractivity contribution in [1.29, 1.82) is 0 Å². The van der Waals surface area contributed by atoms with Gasteiger partial charge in [-0.15, -0.1) is 5.10 Å². The van der Waals surface area contributed by atoms with Crippen LogP contribution in [0.1, 0.15) is 16.7 Å². The normalized spacial score (nSPS) is 11.0. The van der Waals surface area contributed by atoms with E-state index < -0.39 is 11.4 Å². The Hall–Kier alpha value is -3.32. The minimum Gasteiger partial charge on any atom is -0.437 e. The average Bonchev–Trinajstić information content (AvgIpc) is 2.69. The number of hydrogen-bond donors (Lipinski definition) is 0. The molecule has 3 aromatic heterocycles. The van der Waals surface area contributed by atoms with E-state index in [0.29, 0.717) is 28.3 Å². The van der Waals surface area contributed by atoms with E-state index in [1.807, 2.05) is 0 Å². The molecule has 1 aromatic carbocycles. The Kier molecular flexibility index (Phi) is 4.75. The maximum absolute atomic E-state index is 14.2. The molecule has 28 heavy (non-hydrogen) atoms. The van der Waals surface area contributed by atoms with Gasteiger partial charge in [-0.3, -0.25) is 0 Å². The molecule has 6 nitrogen and oxygen atoms in total. The van der Waals surface area contributed by atoms with Crippen molar-refractivity contribution in [2.75, 3.05) is 0 Å². The zero-order valence-corrected chi connectivity index (χ0v) is 15.4. The molecular weight excluding hydrogens is 385 g/mol. The smallest absolute Gasteiger partial charge is 0.340 e. The van der Waals surface area contributed by atoms with Crippen LogP contribution in [0.3, 0.4) is 0 Å². The first-order valence-corrected chi connectivity index (χ1v) is 8.71. The summed E-state index contributed by atoms with van der Waals surface area (Å²) in [6, 6.07) is 9.96. The van der Waals surface area contributed by atoms with Crippen LogP contribution in [0.25, 0.3) is 11.0 Å². The van der Waals surface area contributed by atoms with Crippen LogP contribution in [-0.4, -0.2) is 15.2 Å². The molecule has 3 heterocycles. The van der Waals surface area contributed by atoms with Crippen molar-refractivity contribution in [3.05, 3.63) is 86.9 Å². The zero-order valence-electron chi connectivity index (χ0n) is 14.6. The van der Waals surface area contributed by atoms with Crippen LogP contribution >= 0.6 is 11.6 Å². The third kappa shape index (κ3) is 3.44. The first-order valence-electron chi connectivity index (χ1n) is 8.33. The lowest BCUT2D eigenvalue weighted by Gasteiger charge is -2.10. The summed E-state index contributed by atoms with van der Waals surface area (Å²) in [5.74, 6) is 0.133. The maximum atomic E-state index is 14.2. The molecule has 0 radical (unpaired) electrons. The summed E-state index contributed by atoms with van der Waals surface area (Å²) < 4.78 is 25.2. The lowest BCUT2D eigenvalue weighted by molar-refractivity contribution is 0.453. The number of aromatic nitrogens is 3. The van der Waals surface area contributed by atoms with Gasteiger partial charge in [0.25, 0.3) is 0 Å². The van der Waals surface area contributed by atoms with Crippen LogP contribution in [-0.2, 0) is 6.42 Å². The van der Waals surface area contributed by atoms with Crippen molar-refractivity contribution >= 4 is 22.6 Å². The molecule has 140 valence electrons. The van der Waals surface area contributed by atoms with Crippen molar-refractivity contribution in [3.63, 3.8) is 0 Å². The lowest BCUT2D eigenvalue weighted by Crippen LogP contribution is -2.12. The minimum absolute atomic E-state index is 0.0516. The molecule has 0 aliphatic carbocycles. The van der Waals surface area contributed by atoms with Gasteiger partial charge in [0, 0.05) is 41.9 Å². The molecule has 0 aliphatic heterocycles. The predicted octanol–water partition coefficient (Wildman–Crippen LogP) is 4.46. The number of benzene rings is 1. The van der Waals surface area contributed by atoms with Gasteiger partial charge in [-0.1, -0.05) is 11.6 Å². The average molecular weight is 398 g/mol. The third-order valence-electron chi connectivity index (χ3n) is 4.32. The Labute approximate surface area is 163 Å². The standard InChI is InChI=1S/C20H13ClFN3O3/c1-11-14-5-4-13(27-17-3-2-7-24-25-17)10-16(14)28-20(26)15(11)9-12-6-8-23-19(21)18(12)22/h2-8,10H,9H2,1H3. The number of nitrogens with zero attached hydrogens (tertiary/aromatic N) is 3. The Morgan fingerprint density at radius 2 is 2.07 bits per heavy atom. The second kappa shape index (κ2) is 7.36. The van der Waals surface area contributed by atoms with Crippen LogP contribution < -0.4 is 10.4 Å². The van der Waals surface area contributed by atoms with Crippen LogP contribution in [0, 0.1) is 12.7 Å². The second-order valence-corrected chi connectivity index (χ2v) is 6.42. The quantitative estimate of drug-likeness (QED) is 0.373. The molecule has 0 bridgehead atoms. The number of halogens is 2. The van der Waals surface area contributed by atoms with E-state index in [4.69, 9.17) is 20.8 Å². The van der Waals surface area contributed by atoms with Crippen LogP contribution in [0.2, 0.25) is 5.15 Å². The molecule has 0 amide bonds. The van der Waals surface area contributed by atoms with E-state index in [2.05, 4.69) is 15.2 Å². The summed E-state index contributed by atoms with van der Waals surface area (Å²) >= 11 is 5.73. The first kappa shape index (κ1) is 18.1. The van der Waals surface area contributed by atoms with Crippen molar-refractivity contribution in [2.45, 2.75) is 13.3 Å². The molecule has 0 N–H and O–H groups in total. The number of hydrogen-bond acceptors (Lipinski definition) is 6. The summed E-state index contributed by atoms with van der Waals surface area (Å²) in [5, 5.41) is 8.09. The van der Waals surface area contributed by atoms with Crippen molar-refractivity contribution in [2.24, 2.45) is 0 Å². The second-order valence-electron chi connectivity index (χ2n) is 6.07. The summed E-state index contributed by atoms with van der Waals surface area (Å²) in [6.07, 6.45) is 2.99.